The standard InChI is InChI=1S/C14H19ClO3/c15-12-5-6-14(11(9-12)10-16)18-8-2-4-13-3-1-7-17-13/h5-6,9,13,16H,1-4,7-8,10H2. The first-order valence-corrected chi connectivity index (χ1v) is 6.81. The number of hydrogen-bond acceptors (Lipinski definition) is 3. The Labute approximate surface area is 113 Å². The van der Waals surface area contributed by atoms with E-state index in [2.05, 4.69) is 0 Å². The minimum Gasteiger partial charge on any atom is -0.493 e. The fourth-order valence-electron chi connectivity index (χ4n) is 2.18. The molecule has 0 aromatic heterocycles. The number of rotatable bonds is 6. The van der Waals surface area contributed by atoms with Crippen molar-refractivity contribution in [3.8, 4) is 5.75 Å². The van der Waals surface area contributed by atoms with E-state index >= 15 is 0 Å². The van der Waals surface area contributed by atoms with E-state index in [1.54, 1.807) is 18.2 Å². The van der Waals surface area contributed by atoms with Gasteiger partial charge in [0.1, 0.15) is 5.75 Å². The fraction of sp³-hybridized carbons (Fsp3) is 0.571. The first kappa shape index (κ1) is 13.7. The predicted octanol–water partition coefficient (Wildman–Crippen LogP) is 3.17. The van der Waals surface area contributed by atoms with Crippen LogP contribution in [0.4, 0.5) is 0 Å². The first-order chi connectivity index (χ1) is 8.79. The van der Waals surface area contributed by atoms with Gasteiger partial charge in [-0.2, -0.15) is 0 Å². The van der Waals surface area contributed by atoms with E-state index in [0.29, 0.717) is 23.5 Å². The summed E-state index contributed by atoms with van der Waals surface area (Å²) in [6, 6.07) is 5.31. The highest BCUT2D eigenvalue weighted by Crippen LogP contribution is 2.23. The lowest BCUT2D eigenvalue weighted by Crippen LogP contribution is -2.08. The Morgan fingerprint density at radius 1 is 1.44 bits per heavy atom. The summed E-state index contributed by atoms with van der Waals surface area (Å²) in [5.41, 5.74) is 0.736. The lowest BCUT2D eigenvalue weighted by molar-refractivity contribution is 0.0980. The second-order valence-electron chi connectivity index (χ2n) is 4.54. The quantitative estimate of drug-likeness (QED) is 0.807. The number of ether oxygens (including phenoxy) is 2. The molecule has 0 radical (unpaired) electrons. The summed E-state index contributed by atoms with van der Waals surface area (Å²) in [4.78, 5) is 0. The molecular formula is C14H19ClO3. The smallest absolute Gasteiger partial charge is 0.124 e. The largest absolute Gasteiger partial charge is 0.493 e. The SMILES string of the molecule is OCc1cc(Cl)ccc1OCCCC1CCCO1. The van der Waals surface area contributed by atoms with Gasteiger partial charge in [0.05, 0.1) is 19.3 Å². The second kappa shape index (κ2) is 6.98. The summed E-state index contributed by atoms with van der Waals surface area (Å²) in [5.74, 6) is 0.717. The van der Waals surface area contributed by atoms with E-state index in [1.165, 1.54) is 12.8 Å². The molecule has 18 heavy (non-hydrogen) atoms. The minimum absolute atomic E-state index is 0.0539. The maximum atomic E-state index is 9.21. The van der Waals surface area contributed by atoms with Gasteiger partial charge in [0.15, 0.2) is 0 Å². The van der Waals surface area contributed by atoms with Crippen molar-refractivity contribution in [3.63, 3.8) is 0 Å². The second-order valence-corrected chi connectivity index (χ2v) is 4.97. The van der Waals surface area contributed by atoms with E-state index in [-0.39, 0.29) is 6.61 Å². The molecule has 1 heterocycles. The van der Waals surface area contributed by atoms with Crippen LogP contribution in [0.1, 0.15) is 31.2 Å². The van der Waals surface area contributed by atoms with Crippen molar-refractivity contribution < 1.29 is 14.6 Å². The molecule has 1 aliphatic rings. The normalized spacial score (nSPS) is 19.1. The number of hydrogen-bond donors (Lipinski definition) is 1. The van der Waals surface area contributed by atoms with Gasteiger partial charge in [-0.05, 0) is 43.9 Å². The molecular weight excluding hydrogens is 252 g/mol. The van der Waals surface area contributed by atoms with Gasteiger partial charge >= 0.3 is 0 Å². The lowest BCUT2D eigenvalue weighted by Gasteiger charge is -2.12. The van der Waals surface area contributed by atoms with Crippen molar-refractivity contribution in [3.05, 3.63) is 28.8 Å². The van der Waals surface area contributed by atoms with Gasteiger partial charge in [0, 0.05) is 17.2 Å². The highest BCUT2D eigenvalue weighted by molar-refractivity contribution is 6.30. The Morgan fingerprint density at radius 2 is 2.33 bits per heavy atom. The van der Waals surface area contributed by atoms with Crippen molar-refractivity contribution in [2.45, 2.75) is 38.4 Å². The summed E-state index contributed by atoms with van der Waals surface area (Å²) in [5, 5.41) is 9.83. The van der Waals surface area contributed by atoms with Crippen LogP contribution in [-0.2, 0) is 11.3 Å². The summed E-state index contributed by atoms with van der Waals surface area (Å²) in [6.45, 7) is 1.49. The van der Waals surface area contributed by atoms with Gasteiger partial charge in [0.2, 0.25) is 0 Å². The summed E-state index contributed by atoms with van der Waals surface area (Å²) >= 11 is 5.86. The van der Waals surface area contributed by atoms with Crippen LogP contribution in [0, 0.1) is 0 Å². The summed E-state index contributed by atoms with van der Waals surface area (Å²) in [7, 11) is 0. The van der Waals surface area contributed by atoms with Gasteiger partial charge in [-0.25, -0.2) is 0 Å². The molecule has 1 aromatic carbocycles. The molecule has 2 rings (SSSR count). The summed E-state index contributed by atoms with van der Waals surface area (Å²) in [6.07, 6.45) is 4.77. The Morgan fingerprint density at radius 3 is 3.06 bits per heavy atom. The van der Waals surface area contributed by atoms with Crippen LogP contribution in [0.25, 0.3) is 0 Å². The molecule has 1 aromatic rings. The van der Waals surface area contributed by atoms with Crippen molar-refractivity contribution in [2.24, 2.45) is 0 Å². The molecule has 1 unspecified atom stereocenters. The van der Waals surface area contributed by atoms with E-state index in [1.807, 2.05) is 0 Å². The van der Waals surface area contributed by atoms with Gasteiger partial charge in [-0.3, -0.25) is 0 Å². The molecule has 4 heteroatoms. The third kappa shape index (κ3) is 3.87. The van der Waals surface area contributed by atoms with Crippen LogP contribution in [0.5, 0.6) is 5.75 Å². The van der Waals surface area contributed by atoms with E-state index in [9.17, 15) is 5.11 Å². The highest BCUT2D eigenvalue weighted by Gasteiger charge is 2.14. The molecule has 3 nitrogen and oxygen atoms in total. The molecule has 0 spiro atoms. The van der Waals surface area contributed by atoms with Crippen LogP contribution in [-0.4, -0.2) is 24.4 Å². The number of aliphatic hydroxyl groups is 1. The molecule has 1 saturated heterocycles. The van der Waals surface area contributed by atoms with E-state index in [0.717, 1.165) is 25.0 Å². The maximum Gasteiger partial charge on any atom is 0.124 e. The van der Waals surface area contributed by atoms with Crippen molar-refractivity contribution in [1.29, 1.82) is 0 Å². The molecule has 0 aliphatic carbocycles. The van der Waals surface area contributed by atoms with Crippen molar-refractivity contribution in [1.82, 2.24) is 0 Å². The van der Waals surface area contributed by atoms with Gasteiger partial charge in [-0.15, -0.1) is 0 Å². The fourth-order valence-corrected chi connectivity index (χ4v) is 2.37. The highest BCUT2D eigenvalue weighted by atomic mass is 35.5. The zero-order valence-corrected chi connectivity index (χ0v) is 11.2. The van der Waals surface area contributed by atoms with Crippen LogP contribution >= 0.6 is 11.6 Å². The van der Waals surface area contributed by atoms with Crippen molar-refractivity contribution >= 4 is 11.6 Å². The average molecular weight is 271 g/mol. The molecule has 1 fully saturated rings. The van der Waals surface area contributed by atoms with E-state index < -0.39 is 0 Å². The number of halogens is 1. The van der Waals surface area contributed by atoms with Crippen LogP contribution in [0.2, 0.25) is 5.02 Å². The third-order valence-corrected chi connectivity index (χ3v) is 3.38. The van der Waals surface area contributed by atoms with Crippen LogP contribution in [0.15, 0.2) is 18.2 Å². The predicted molar refractivity (Wildman–Crippen MR) is 71.1 cm³/mol. The molecule has 1 aliphatic heterocycles. The molecule has 100 valence electrons. The topological polar surface area (TPSA) is 38.7 Å². The minimum atomic E-state index is -0.0539. The number of aliphatic hydroxyl groups excluding tert-OH is 1. The van der Waals surface area contributed by atoms with Gasteiger partial charge in [0.25, 0.3) is 0 Å². The van der Waals surface area contributed by atoms with Gasteiger partial charge < -0.3 is 14.6 Å². The third-order valence-electron chi connectivity index (χ3n) is 3.14. The molecule has 0 amide bonds. The number of benzene rings is 1. The zero-order chi connectivity index (χ0) is 12.8. The van der Waals surface area contributed by atoms with Gasteiger partial charge in [-0.1, -0.05) is 11.6 Å². The first-order valence-electron chi connectivity index (χ1n) is 6.43. The Hall–Kier alpha value is -0.770. The maximum absolute atomic E-state index is 9.21. The molecule has 1 N–H and O–H groups in total. The molecule has 0 bridgehead atoms. The van der Waals surface area contributed by atoms with Crippen LogP contribution < -0.4 is 4.74 Å². The zero-order valence-electron chi connectivity index (χ0n) is 10.4. The Kier molecular flexibility index (Phi) is 5.29. The monoisotopic (exact) mass is 270 g/mol. The average Bonchev–Trinajstić information content (AvgIpc) is 2.89. The Bertz CT molecular complexity index is 375. The van der Waals surface area contributed by atoms with Crippen LogP contribution in [0.3, 0.4) is 0 Å². The molecule has 0 saturated carbocycles. The lowest BCUT2D eigenvalue weighted by atomic mass is 10.1. The molecule has 1 atom stereocenters. The van der Waals surface area contributed by atoms with Crippen molar-refractivity contribution in [2.75, 3.05) is 13.2 Å². The Balaban J connectivity index is 1.75. The summed E-state index contributed by atoms with van der Waals surface area (Å²) < 4.78 is 11.2. The van der Waals surface area contributed by atoms with E-state index in [4.69, 9.17) is 21.1 Å².